The summed E-state index contributed by atoms with van der Waals surface area (Å²) >= 11 is 0. The van der Waals surface area contributed by atoms with Gasteiger partial charge in [-0.2, -0.15) is 8.42 Å². The van der Waals surface area contributed by atoms with Crippen LogP contribution in [0.1, 0.15) is 18.5 Å². The molecule has 1 unspecified atom stereocenters. The zero-order chi connectivity index (χ0) is 10.8. The summed E-state index contributed by atoms with van der Waals surface area (Å²) < 4.78 is 23.6. The van der Waals surface area contributed by atoms with Crippen molar-refractivity contribution in [3.05, 3.63) is 29.8 Å². The van der Waals surface area contributed by atoms with Gasteiger partial charge >= 0.3 is 0 Å². The van der Waals surface area contributed by atoms with E-state index in [-0.39, 0.29) is 6.04 Å². The van der Waals surface area contributed by atoms with Gasteiger partial charge in [-0.15, -0.1) is 0 Å². The predicted octanol–water partition coefficient (Wildman–Crippen LogP) is 0.322. The van der Waals surface area contributed by atoms with Crippen molar-refractivity contribution in [2.45, 2.75) is 13.0 Å². The molecule has 14 heavy (non-hydrogen) atoms. The highest BCUT2D eigenvalue weighted by molar-refractivity contribution is 7.90. The molecule has 1 atom stereocenters. The third-order valence-electron chi connectivity index (χ3n) is 1.67. The van der Waals surface area contributed by atoms with Crippen molar-refractivity contribution in [3.63, 3.8) is 0 Å². The van der Waals surface area contributed by atoms with Crippen molar-refractivity contribution < 1.29 is 8.42 Å². The summed E-state index contributed by atoms with van der Waals surface area (Å²) in [6.45, 7) is 1.82. The Hall–Kier alpha value is -1.11. The van der Waals surface area contributed by atoms with E-state index in [0.29, 0.717) is 5.69 Å². The Morgan fingerprint density at radius 1 is 1.43 bits per heavy atom. The first-order chi connectivity index (χ1) is 6.38. The van der Waals surface area contributed by atoms with Crippen LogP contribution >= 0.6 is 0 Å². The monoisotopic (exact) mass is 215 g/mol. The van der Waals surface area contributed by atoms with Crippen LogP contribution in [0.2, 0.25) is 0 Å². The van der Waals surface area contributed by atoms with Crippen LogP contribution in [-0.4, -0.2) is 8.42 Å². The summed E-state index contributed by atoms with van der Waals surface area (Å²) in [4.78, 5) is 0. The molecule has 0 saturated heterocycles. The molecule has 0 fully saturated rings. The highest BCUT2D eigenvalue weighted by Crippen LogP contribution is 2.15. The minimum Gasteiger partial charge on any atom is -0.324 e. The average Bonchev–Trinajstić information content (AvgIpc) is 2.01. The molecule has 1 aromatic carbocycles. The van der Waals surface area contributed by atoms with Gasteiger partial charge in [-0.05, 0) is 24.6 Å². The second-order valence-electron chi connectivity index (χ2n) is 3.06. The third-order valence-corrected chi connectivity index (χ3v) is 2.19. The van der Waals surface area contributed by atoms with E-state index in [4.69, 9.17) is 10.9 Å². The van der Waals surface area contributed by atoms with Gasteiger partial charge in [0.05, 0.1) is 5.69 Å². The average molecular weight is 215 g/mol. The first-order valence-corrected chi connectivity index (χ1v) is 5.59. The second kappa shape index (κ2) is 3.95. The van der Waals surface area contributed by atoms with Gasteiger partial charge in [-0.25, -0.2) is 5.14 Å². The molecule has 5 N–H and O–H groups in total. The standard InChI is InChI=1S/C8H13N3O2S/c1-6(9)7-3-2-4-8(5-7)11-14(10,12)13/h2-6,11H,9H2,1H3,(H2,10,12,13). The minimum absolute atomic E-state index is 0.141. The molecular weight excluding hydrogens is 202 g/mol. The van der Waals surface area contributed by atoms with Gasteiger partial charge in [0.2, 0.25) is 0 Å². The second-order valence-corrected chi connectivity index (χ2v) is 4.36. The first-order valence-electron chi connectivity index (χ1n) is 4.04. The molecule has 1 rings (SSSR count). The van der Waals surface area contributed by atoms with Crippen molar-refractivity contribution in [1.82, 2.24) is 0 Å². The number of nitrogens with one attached hydrogen (secondary N) is 1. The number of rotatable bonds is 3. The quantitative estimate of drug-likeness (QED) is 0.677. The molecule has 0 saturated carbocycles. The normalized spacial score (nSPS) is 13.6. The topological polar surface area (TPSA) is 98.2 Å². The molecule has 0 aromatic heterocycles. The van der Waals surface area contributed by atoms with E-state index in [1.165, 1.54) is 0 Å². The summed E-state index contributed by atoms with van der Waals surface area (Å²) in [5.74, 6) is 0. The van der Waals surface area contributed by atoms with E-state index in [9.17, 15) is 8.42 Å². The van der Waals surface area contributed by atoms with Crippen molar-refractivity contribution in [3.8, 4) is 0 Å². The lowest BCUT2D eigenvalue weighted by Crippen LogP contribution is -2.21. The zero-order valence-corrected chi connectivity index (χ0v) is 8.58. The van der Waals surface area contributed by atoms with Crippen LogP contribution in [-0.2, 0) is 10.2 Å². The lowest BCUT2D eigenvalue weighted by molar-refractivity contribution is 0.603. The molecule has 1 aromatic rings. The van der Waals surface area contributed by atoms with Crippen LogP contribution in [0.25, 0.3) is 0 Å². The van der Waals surface area contributed by atoms with E-state index >= 15 is 0 Å². The fourth-order valence-corrected chi connectivity index (χ4v) is 1.51. The Bertz CT molecular complexity index is 414. The van der Waals surface area contributed by atoms with Gasteiger partial charge in [0.25, 0.3) is 10.2 Å². The zero-order valence-electron chi connectivity index (χ0n) is 7.77. The van der Waals surface area contributed by atoms with Crippen molar-refractivity contribution in [2.24, 2.45) is 10.9 Å². The fourth-order valence-electron chi connectivity index (χ4n) is 1.05. The van der Waals surface area contributed by atoms with E-state index in [0.717, 1.165) is 5.56 Å². The summed E-state index contributed by atoms with van der Waals surface area (Å²) in [6.07, 6.45) is 0. The van der Waals surface area contributed by atoms with Gasteiger partial charge in [-0.3, -0.25) is 4.72 Å². The summed E-state index contributed by atoms with van der Waals surface area (Å²) in [5, 5.41) is 4.82. The van der Waals surface area contributed by atoms with Gasteiger partial charge in [0, 0.05) is 6.04 Å². The lowest BCUT2D eigenvalue weighted by atomic mass is 10.1. The molecule has 0 spiro atoms. The molecule has 0 amide bonds. The number of hydrogen-bond donors (Lipinski definition) is 3. The Labute approximate surface area is 83.3 Å². The number of hydrogen-bond acceptors (Lipinski definition) is 3. The molecule has 0 bridgehead atoms. The maximum atomic E-state index is 10.7. The lowest BCUT2D eigenvalue weighted by Gasteiger charge is -2.08. The molecule has 0 aliphatic carbocycles. The Balaban J connectivity index is 2.95. The van der Waals surface area contributed by atoms with Gasteiger partial charge in [-0.1, -0.05) is 12.1 Å². The number of nitrogens with two attached hydrogens (primary N) is 2. The van der Waals surface area contributed by atoms with E-state index in [2.05, 4.69) is 4.72 Å². The molecule has 6 heteroatoms. The van der Waals surface area contributed by atoms with Gasteiger partial charge < -0.3 is 5.73 Å². The molecule has 0 heterocycles. The van der Waals surface area contributed by atoms with Crippen LogP contribution in [0.15, 0.2) is 24.3 Å². The van der Waals surface area contributed by atoms with E-state index in [1.54, 1.807) is 18.2 Å². The number of anilines is 1. The molecule has 0 aliphatic rings. The van der Waals surface area contributed by atoms with Crippen LogP contribution in [0.5, 0.6) is 0 Å². The van der Waals surface area contributed by atoms with E-state index in [1.807, 2.05) is 13.0 Å². The maximum absolute atomic E-state index is 10.7. The molecule has 78 valence electrons. The smallest absolute Gasteiger partial charge is 0.296 e. The van der Waals surface area contributed by atoms with Crippen molar-refractivity contribution in [2.75, 3.05) is 4.72 Å². The summed E-state index contributed by atoms with van der Waals surface area (Å²) in [5.41, 5.74) is 6.90. The minimum atomic E-state index is -3.71. The molecular formula is C8H13N3O2S. The molecule has 5 nitrogen and oxygen atoms in total. The first kappa shape index (κ1) is 11.0. The van der Waals surface area contributed by atoms with Gasteiger partial charge in [0.15, 0.2) is 0 Å². The SMILES string of the molecule is CC(N)c1cccc(NS(N)(=O)=O)c1. The fraction of sp³-hybridized carbons (Fsp3) is 0.250. The Morgan fingerprint density at radius 3 is 2.57 bits per heavy atom. The Kier molecular flexibility index (Phi) is 3.10. The Morgan fingerprint density at radius 2 is 2.07 bits per heavy atom. The highest BCUT2D eigenvalue weighted by atomic mass is 32.2. The van der Waals surface area contributed by atoms with Crippen LogP contribution in [0.4, 0.5) is 5.69 Å². The van der Waals surface area contributed by atoms with Crippen molar-refractivity contribution >= 4 is 15.9 Å². The van der Waals surface area contributed by atoms with Crippen molar-refractivity contribution in [1.29, 1.82) is 0 Å². The maximum Gasteiger partial charge on any atom is 0.296 e. The highest BCUT2D eigenvalue weighted by Gasteiger charge is 2.04. The third kappa shape index (κ3) is 3.33. The van der Waals surface area contributed by atoms with Crippen LogP contribution in [0, 0.1) is 0 Å². The summed E-state index contributed by atoms with van der Waals surface area (Å²) in [6, 6.07) is 6.65. The van der Waals surface area contributed by atoms with E-state index < -0.39 is 10.2 Å². The largest absolute Gasteiger partial charge is 0.324 e. The predicted molar refractivity (Wildman–Crippen MR) is 55.8 cm³/mol. The summed E-state index contributed by atoms with van der Waals surface area (Å²) in [7, 11) is -3.71. The molecule has 0 aliphatic heterocycles. The molecule has 0 radical (unpaired) electrons. The van der Waals surface area contributed by atoms with Crippen LogP contribution < -0.4 is 15.6 Å². The number of benzene rings is 1. The van der Waals surface area contributed by atoms with Gasteiger partial charge in [0.1, 0.15) is 0 Å². The van der Waals surface area contributed by atoms with Crippen LogP contribution in [0.3, 0.4) is 0 Å².